The molecule has 3 aromatic rings. The highest BCUT2D eigenvalue weighted by molar-refractivity contribution is 7.14. The summed E-state index contributed by atoms with van der Waals surface area (Å²) in [5, 5.41) is 10.6. The molecule has 0 bridgehead atoms. The van der Waals surface area contributed by atoms with Crippen LogP contribution in [0.5, 0.6) is 5.75 Å². The lowest BCUT2D eigenvalue weighted by Crippen LogP contribution is -2.18. The standard InChI is InChI=1S/C15H13N3O2S2/c1-20-11-6-4-10(5-7-11)12-9-22-15(16-12)18-14(19)17-13-3-2-8-21-13/h2-9H,1H3,(H2,16,17,18,19). The third-order valence-corrected chi connectivity index (χ3v) is 4.41. The molecule has 7 heteroatoms. The Balaban J connectivity index is 1.66. The van der Waals surface area contributed by atoms with Crippen molar-refractivity contribution in [3.63, 3.8) is 0 Å². The molecule has 0 aliphatic heterocycles. The number of anilines is 2. The van der Waals surface area contributed by atoms with Gasteiger partial charge in [0.25, 0.3) is 0 Å². The molecule has 3 rings (SSSR count). The van der Waals surface area contributed by atoms with Gasteiger partial charge in [-0.1, -0.05) is 0 Å². The number of aromatic nitrogens is 1. The summed E-state index contributed by atoms with van der Waals surface area (Å²) in [6, 6.07) is 11.1. The number of thiophene rings is 1. The van der Waals surface area contributed by atoms with Crippen molar-refractivity contribution in [1.29, 1.82) is 0 Å². The van der Waals surface area contributed by atoms with E-state index in [9.17, 15) is 4.79 Å². The maximum absolute atomic E-state index is 11.8. The zero-order chi connectivity index (χ0) is 15.4. The van der Waals surface area contributed by atoms with Crippen molar-refractivity contribution < 1.29 is 9.53 Å². The second-order valence-corrected chi connectivity index (χ2v) is 6.13. The van der Waals surface area contributed by atoms with Gasteiger partial charge in [0.2, 0.25) is 0 Å². The minimum absolute atomic E-state index is 0.293. The van der Waals surface area contributed by atoms with Crippen LogP contribution < -0.4 is 15.4 Å². The Morgan fingerprint density at radius 2 is 1.95 bits per heavy atom. The number of nitrogens with zero attached hydrogens (tertiary/aromatic N) is 1. The average Bonchev–Trinajstić information content (AvgIpc) is 3.19. The molecule has 0 saturated carbocycles. The van der Waals surface area contributed by atoms with Crippen LogP contribution in [0.1, 0.15) is 0 Å². The summed E-state index contributed by atoms with van der Waals surface area (Å²) < 4.78 is 5.13. The molecular weight excluding hydrogens is 318 g/mol. The molecule has 0 unspecified atom stereocenters. The van der Waals surface area contributed by atoms with Gasteiger partial charge in [-0.15, -0.1) is 22.7 Å². The van der Waals surface area contributed by atoms with E-state index in [-0.39, 0.29) is 6.03 Å². The van der Waals surface area contributed by atoms with Crippen molar-refractivity contribution in [3.05, 3.63) is 47.2 Å². The molecule has 0 saturated heterocycles. The van der Waals surface area contributed by atoms with Crippen LogP contribution in [-0.2, 0) is 0 Å². The third-order valence-electron chi connectivity index (χ3n) is 2.87. The van der Waals surface area contributed by atoms with Crippen LogP contribution in [-0.4, -0.2) is 18.1 Å². The van der Waals surface area contributed by atoms with E-state index in [0.29, 0.717) is 5.13 Å². The van der Waals surface area contributed by atoms with E-state index in [1.165, 1.54) is 22.7 Å². The van der Waals surface area contributed by atoms with Crippen LogP contribution in [0.2, 0.25) is 0 Å². The largest absolute Gasteiger partial charge is 0.497 e. The van der Waals surface area contributed by atoms with E-state index in [1.807, 2.05) is 47.2 Å². The number of carbonyl (C=O) groups excluding carboxylic acids is 1. The van der Waals surface area contributed by atoms with Crippen LogP contribution >= 0.6 is 22.7 Å². The summed E-state index contributed by atoms with van der Waals surface area (Å²) in [4.78, 5) is 16.3. The number of hydrogen-bond donors (Lipinski definition) is 2. The van der Waals surface area contributed by atoms with Gasteiger partial charge in [-0.05, 0) is 41.8 Å². The van der Waals surface area contributed by atoms with Gasteiger partial charge in [0.05, 0.1) is 17.8 Å². The summed E-state index contributed by atoms with van der Waals surface area (Å²) in [5.41, 5.74) is 1.79. The van der Waals surface area contributed by atoms with E-state index in [2.05, 4.69) is 15.6 Å². The number of hydrogen-bond acceptors (Lipinski definition) is 5. The Kier molecular flexibility index (Phi) is 4.36. The number of urea groups is 1. The lowest BCUT2D eigenvalue weighted by molar-refractivity contribution is 0.262. The fourth-order valence-electron chi connectivity index (χ4n) is 1.82. The normalized spacial score (nSPS) is 10.2. The van der Waals surface area contributed by atoms with Crippen molar-refractivity contribution >= 4 is 38.8 Å². The van der Waals surface area contributed by atoms with Crippen LogP contribution in [0.4, 0.5) is 14.9 Å². The minimum Gasteiger partial charge on any atom is -0.497 e. The first-order chi connectivity index (χ1) is 10.7. The Hall–Kier alpha value is -2.38. The monoisotopic (exact) mass is 331 g/mol. The second kappa shape index (κ2) is 6.59. The van der Waals surface area contributed by atoms with Gasteiger partial charge >= 0.3 is 6.03 Å². The first-order valence-corrected chi connectivity index (χ1v) is 8.22. The molecule has 0 atom stereocenters. The molecule has 0 aliphatic carbocycles. The van der Waals surface area contributed by atoms with Gasteiger partial charge < -0.3 is 4.74 Å². The predicted octanol–water partition coefficient (Wildman–Crippen LogP) is 4.52. The molecule has 0 spiro atoms. The molecule has 2 amide bonds. The number of benzene rings is 1. The molecule has 22 heavy (non-hydrogen) atoms. The van der Waals surface area contributed by atoms with Crippen molar-refractivity contribution in [2.45, 2.75) is 0 Å². The van der Waals surface area contributed by atoms with E-state index < -0.39 is 0 Å². The number of methoxy groups -OCH3 is 1. The zero-order valence-electron chi connectivity index (χ0n) is 11.7. The Morgan fingerprint density at radius 3 is 2.64 bits per heavy atom. The van der Waals surface area contributed by atoms with E-state index in [4.69, 9.17) is 4.74 Å². The summed E-state index contributed by atoms with van der Waals surface area (Å²) in [7, 11) is 1.63. The molecule has 0 fully saturated rings. The van der Waals surface area contributed by atoms with Crippen LogP contribution in [0.25, 0.3) is 11.3 Å². The van der Waals surface area contributed by atoms with E-state index in [1.54, 1.807) is 7.11 Å². The Bertz CT molecular complexity index is 751. The second-order valence-electron chi connectivity index (χ2n) is 4.32. The molecule has 2 heterocycles. The number of rotatable bonds is 4. The maximum Gasteiger partial charge on any atom is 0.326 e. The van der Waals surface area contributed by atoms with E-state index >= 15 is 0 Å². The fraction of sp³-hybridized carbons (Fsp3) is 0.0667. The molecule has 0 aliphatic rings. The molecule has 112 valence electrons. The summed E-state index contributed by atoms with van der Waals surface area (Å²) in [6.07, 6.45) is 0. The summed E-state index contributed by atoms with van der Waals surface area (Å²) >= 11 is 2.85. The quantitative estimate of drug-likeness (QED) is 0.738. The highest BCUT2D eigenvalue weighted by Crippen LogP contribution is 2.26. The number of amides is 2. The summed E-state index contributed by atoms with van der Waals surface area (Å²) in [6.45, 7) is 0. The van der Waals surface area contributed by atoms with Gasteiger partial charge in [0.1, 0.15) is 5.75 Å². The highest BCUT2D eigenvalue weighted by atomic mass is 32.1. The van der Waals surface area contributed by atoms with Gasteiger partial charge in [-0.3, -0.25) is 10.6 Å². The van der Waals surface area contributed by atoms with Crippen molar-refractivity contribution in [3.8, 4) is 17.0 Å². The number of nitrogens with one attached hydrogen (secondary N) is 2. The number of carbonyl (C=O) groups is 1. The van der Waals surface area contributed by atoms with Gasteiger partial charge in [-0.2, -0.15) is 0 Å². The topological polar surface area (TPSA) is 63.2 Å². The first kappa shape index (κ1) is 14.6. The van der Waals surface area contributed by atoms with Gasteiger partial charge in [0.15, 0.2) is 5.13 Å². The van der Waals surface area contributed by atoms with Crippen LogP contribution in [0, 0.1) is 0 Å². The van der Waals surface area contributed by atoms with E-state index in [0.717, 1.165) is 22.0 Å². The maximum atomic E-state index is 11.8. The van der Waals surface area contributed by atoms with Crippen molar-refractivity contribution in [2.24, 2.45) is 0 Å². The molecule has 1 aromatic carbocycles. The van der Waals surface area contributed by atoms with Crippen LogP contribution in [0.15, 0.2) is 47.2 Å². The summed E-state index contributed by atoms with van der Waals surface area (Å²) in [5.74, 6) is 0.799. The van der Waals surface area contributed by atoms with Crippen molar-refractivity contribution in [1.82, 2.24) is 4.98 Å². The molecule has 2 N–H and O–H groups in total. The lowest BCUT2D eigenvalue weighted by Gasteiger charge is -2.02. The smallest absolute Gasteiger partial charge is 0.326 e. The molecule has 2 aromatic heterocycles. The molecule has 0 radical (unpaired) electrons. The Morgan fingerprint density at radius 1 is 1.14 bits per heavy atom. The predicted molar refractivity (Wildman–Crippen MR) is 91.1 cm³/mol. The first-order valence-electron chi connectivity index (χ1n) is 6.46. The fourth-order valence-corrected chi connectivity index (χ4v) is 3.14. The lowest BCUT2D eigenvalue weighted by atomic mass is 10.2. The van der Waals surface area contributed by atoms with Gasteiger partial charge in [-0.25, -0.2) is 9.78 Å². The number of thiazole rings is 1. The molecule has 5 nitrogen and oxygen atoms in total. The number of ether oxygens (including phenoxy) is 1. The van der Waals surface area contributed by atoms with Crippen LogP contribution in [0.3, 0.4) is 0 Å². The Labute approximate surface area is 135 Å². The third kappa shape index (κ3) is 3.44. The highest BCUT2D eigenvalue weighted by Gasteiger charge is 2.08. The SMILES string of the molecule is COc1ccc(-c2csc(NC(=O)Nc3cccs3)n2)cc1. The van der Waals surface area contributed by atoms with Gasteiger partial charge in [0, 0.05) is 10.9 Å². The van der Waals surface area contributed by atoms with Crippen molar-refractivity contribution in [2.75, 3.05) is 17.7 Å². The minimum atomic E-state index is -0.293. The molecular formula is C15H13N3O2S2. The zero-order valence-corrected chi connectivity index (χ0v) is 13.3. The average molecular weight is 331 g/mol.